The number of carboxylic acid groups (broad SMARTS) is 1. The number of aromatic nitrogens is 3. The zero-order valence-corrected chi connectivity index (χ0v) is 17.3. The molecular weight excluding hydrogens is 407 g/mol. The summed E-state index contributed by atoms with van der Waals surface area (Å²) in [5, 5.41) is 13.7. The van der Waals surface area contributed by atoms with Crippen molar-refractivity contribution in [2.75, 3.05) is 26.8 Å². The summed E-state index contributed by atoms with van der Waals surface area (Å²) in [5.41, 5.74) is 0.805. The summed E-state index contributed by atoms with van der Waals surface area (Å²) in [6.45, 7) is 1.25. The summed E-state index contributed by atoms with van der Waals surface area (Å²) in [6, 6.07) is 3.03. The second kappa shape index (κ2) is 9.01. The van der Waals surface area contributed by atoms with Crippen LogP contribution in [-0.2, 0) is 9.53 Å². The molecule has 0 aliphatic carbocycles. The lowest BCUT2D eigenvalue weighted by Crippen LogP contribution is -2.40. The van der Waals surface area contributed by atoms with Crippen molar-refractivity contribution in [1.82, 2.24) is 19.7 Å². The van der Waals surface area contributed by atoms with Gasteiger partial charge in [0.25, 0.3) is 5.91 Å². The van der Waals surface area contributed by atoms with Crippen LogP contribution in [0.1, 0.15) is 48.8 Å². The fraction of sp³-hybridized carbons (Fsp3) is 0.524. The quantitative estimate of drug-likeness (QED) is 0.774. The number of aliphatic carboxylic acids is 1. The number of rotatable bonds is 5. The van der Waals surface area contributed by atoms with Crippen LogP contribution in [0.15, 0.2) is 18.3 Å². The molecule has 1 unspecified atom stereocenters. The van der Waals surface area contributed by atoms with Crippen molar-refractivity contribution in [3.63, 3.8) is 0 Å². The molecular formula is C21H25FN4O5. The Hall–Kier alpha value is -3.01. The lowest BCUT2D eigenvalue weighted by molar-refractivity contribution is -0.143. The van der Waals surface area contributed by atoms with Crippen LogP contribution in [0.4, 0.5) is 4.39 Å². The van der Waals surface area contributed by atoms with Crippen LogP contribution in [0, 0.1) is 11.7 Å². The average Bonchev–Trinajstić information content (AvgIpc) is 3.25. The van der Waals surface area contributed by atoms with Gasteiger partial charge in [-0.1, -0.05) is 0 Å². The van der Waals surface area contributed by atoms with Crippen LogP contribution >= 0.6 is 0 Å². The summed E-state index contributed by atoms with van der Waals surface area (Å²) < 4.78 is 27.2. The molecule has 9 nitrogen and oxygen atoms in total. The first-order valence-corrected chi connectivity index (χ1v) is 10.4. The first-order chi connectivity index (χ1) is 15.0. The zero-order chi connectivity index (χ0) is 22.0. The van der Waals surface area contributed by atoms with Crippen molar-refractivity contribution in [3.05, 3.63) is 29.8 Å². The SMILES string of the molecule is COc1cc(-c2cc(C(=O)N3CCC(C(=O)O)CC3)nn2C2CCCCO2)c(F)cn1. The molecule has 31 heavy (non-hydrogen) atoms. The predicted octanol–water partition coefficient (Wildman–Crippen LogP) is 2.73. The number of hydrogen-bond acceptors (Lipinski definition) is 6. The number of halogens is 1. The number of carbonyl (C=O) groups excluding carboxylic acids is 1. The Bertz CT molecular complexity index is 965. The van der Waals surface area contributed by atoms with Gasteiger partial charge in [0.1, 0.15) is 0 Å². The minimum Gasteiger partial charge on any atom is -0.481 e. The number of likely N-dealkylation sites (tertiary alicyclic amines) is 1. The van der Waals surface area contributed by atoms with Crippen LogP contribution < -0.4 is 4.74 Å². The Balaban J connectivity index is 1.67. The van der Waals surface area contributed by atoms with Gasteiger partial charge in [-0.25, -0.2) is 14.1 Å². The Morgan fingerprint density at radius 1 is 1.23 bits per heavy atom. The maximum Gasteiger partial charge on any atom is 0.306 e. The van der Waals surface area contributed by atoms with Gasteiger partial charge in [-0.3, -0.25) is 9.59 Å². The Morgan fingerprint density at radius 2 is 2.00 bits per heavy atom. The lowest BCUT2D eigenvalue weighted by atomic mass is 9.97. The summed E-state index contributed by atoms with van der Waals surface area (Å²) in [6.07, 6.45) is 4.06. The van der Waals surface area contributed by atoms with Crippen molar-refractivity contribution in [2.45, 2.75) is 38.3 Å². The molecule has 0 saturated carbocycles. The van der Waals surface area contributed by atoms with E-state index < -0.39 is 23.9 Å². The molecule has 0 radical (unpaired) electrons. The van der Waals surface area contributed by atoms with Gasteiger partial charge in [-0.05, 0) is 38.2 Å². The maximum absolute atomic E-state index is 14.7. The molecule has 4 rings (SSSR count). The van der Waals surface area contributed by atoms with E-state index in [2.05, 4.69) is 10.1 Å². The van der Waals surface area contributed by atoms with Gasteiger partial charge < -0.3 is 19.5 Å². The third-order valence-corrected chi connectivity index (χ3v) is 5.83. The van der Waals surface area contributed by atoms with E-state index in [4.69, 9.17) is 9.47 Å². The van der Waals surface area contributed by atoms with Crippen molar-refractivity contribution in [3.8, 4) is 17.1 Å². The number of carboxylic acids is 1. The summed E-state index contributed by atoms with van der Waals surface area (Å²) in [7, 11) is 1.45. The largest absolute Gasteiger partial charge is 0.481 e. The highest BCUT2D eigenvalue weighted by atomic mass is 19.1. The molecule has 0 spiro atoms. The topological polar surface area (TPSA) is 107 Å². The Kier molecular flexibility index (Phi) is 6.17. The molecule has 1 N–H and O–H groups in total. The second-order valence-corrected chi connectivity index (χ2v) is 7.79. The third kappa shape index (κ3) is 4.39. The molecule has 2 aliphatic heterocycles. The Morgan fingerprint density at radius 3 is 2.65 bits per heavy atom. The van der Waals surface area contributed by atoms with E-state index in [9.17, 15) is 19.1 Å². The summed E-state index contributed by atoms with van der Waals surface area (Å²) in [4.78, 5) is 29.8. The molecule has 2 aromatic heterocycles. The molecule has 2 fully saturated rings. The van der Waals surface area contributed by atoms with E-state index in [0.717, 1.165) is 19.0 Å². The second-order valence-electron chi connectivity index (χ2n) is 7.79. The number of hydrogen-bond donors (Lipinski definition) is 1. The van der Waals surface area contributed by atoms with Gasteiger partial charge >= 0.3 is 5.97 Å². The zero-order valence-electron chi connectivity index (χ0n) is 17.3. The van der Waals surface area contributed by atoms with Gasteiger partial charge in [0, 0.05) is 31.3 Å². The number of carbonyl (C=O) groups is 2. The standard InChI is InChI=1S/C21H25FN4O5/c1-30-18-10-14(15(22)12-23-18)17-11-16(24-26(17)19-4-2-3-9-31-19)20(27)25-7-5-13(6-8-25)21(28)29/h10-13,19H,2-9H2,1H3,(H,28,29). The molecule has 0 aromatic carbocycles. The summed E-state index contributed by atoms with van der Waals surface area (Å²) >= 11 is 0. The van der Waals surface area contributed by atoms with Crippen molar-refractivity contribution < 1.29 is 28.6 Å². The molecule has 2 aromatic rings. The molecule has 166 valence electrons. The smallest absolute Gasteiger partial charge is 0.306 e. The van der Waals surface area contributed by atoms with Gasteiger partial charge in [0.05, 0.1) is 24.9 Å². The fourth-order valence-corrected chi connectivity index (χ4v) is 4.06. The normalized spacial score (nSPS) is 19.9. The highest BCUT2D eigenvalue weighted by Gasteiger charge is 2.31. The number of nitrogens with zero attached hydrogens (tertiary/aromatic N) is 4. The molecule has 4 heterocycles. The number of piperidine rings is 1. The van der Waals surface area contributed by atoms with E-state index in [0.29, 0.717) is 44.7 Å². The van der Waals surface area contributed by atoms with Crippen LogP contribution in [0.5, 0.6) is 5.88 Å². The van der Waals surface area contributed by atoms with E-state index in [1.807, 2.05) is 0 Å². The third-order valence-electron chi connectivity index (χ3n) is 5.83. The van der Waals surface area contributed by atoms with Crippen LogP contribution in [0.3, 0.4) is 0 Å². The number of pyridine rings is 1. The van der Waals surface area contributed by atoms with Crippen LogP contribution in [0.25, 0.3) is 11.3 Å². The molecule has 1 atom stereocenters. The van der Waals surface area contributed by atoms with Crippen LogP contribution in [0.2, 0.25) is 0 Å². The van der Waals surface area contributed by atoms with Gasteiger partial charge in [0.15, 0.2) is 17.7 Å². The fourth-order valence-electron chi connectivity index (χ4n) is 4.06. The number of methoxy groups -OCH3 is 1. The molecule has 10 heteroatoms. The van der Waals surface area contributed by atoms with E-state index in [1.165, 1.54) is 13.2 Å². The van der Waals surface area contributed by atoms with Crippen molar-refractivity contribution in [2.24, 2.45) is 5.92 Å². The highest BCUT2D eigenvalue weighted by molar-refractivity contribution is 5.93. The monoisotopic (exact) mass is 432 g/mol. The van der Waals surface area contributed by atoms with Crippen molar-refractivity contribution in [1.29, 1.82) is 0 Å². The minimum absolute atomic E-state index is 0.174. The van der Waals surface area contributed by atoms with Gasteiger partial charge in [-0.15, -0.1) is 0 Å². The number of amides is 1. The van der Waals surface area contributed by atoms with Crippen LogP contribution in [-0.4, -0.2) is 63.5 Å². The maximum atomic E-state index is 14.7. The van der Waals surface area contributed by atoms with E-state index in [-0.39, 0.29) is 23.0 Å². The number of ether oxygens (including phenoxy) is 2. The Labute approximate surface area is 178 Å². The lowest BCUT2D eigenvalue weighted by Gasteiger charge is -2.29. The molecule has 2 saturated heterocycles. The minimum atomic E-state index is -0.838. The predicted molar refractivity (Wildman–Crippen MR) is 107 cm³/mol. The van der Waals surface area contributed by atoms with Gasteiger partial charge in [0.2, 0.25) is 5.88 Å². The van der Waals surface area contributed by atoms with E-state index >= 15 is 0 Å². The average molecular weight is 432 g/mol. The molecule has 0 bridgehead atoms. The first-order valence-electron chi connectivity index (χ1n) is 10.4. The van der Waals surface area contributed by atoms with Crippen molar-refractivity contribution >= 4 is 11.9 Å². The summed E-state index contributed by atoms with van der Waals surface area (Å²) in [5.74, 6) is -1.89. The molecule has 1 amide bonds. The first kappa shape index (κ1) is 21.2. The molecule has 2 aliphatic rings. The van der Waals surface area contributed by atoms with E-state index in [1.54, 1.807) is 15.6 Å². The van der Waals surface area contributed by atoms with Gasteiger partial charge in [-0.2, -0.15) is 5.10 Å². The highest BCUT2D eigenvalue weighted by Crippen LogP contribution is 2.32.